The summed E-state index contributed by atoms with van der Waals surface area (Å²) in [6, 6.07) is 9.90. The first-order chi connectivity index (χ1) is 9.17. The summed E-state index contributed by atoms with van der Waals surface area (Å²) >= 11 is 0. The standard InChI is InChI=1S/C16H21NO2/c1-3-10-17(11-4-2)15(13-16(18)19)12-14-8-6-5-7-9-14/h3-9,15H,1-2,10-13H2,(H,18,19). The molecule has 0 aromatic heterocycles. The minimum Gasteiger partial charge on any atom is -0.481 e. The van der Waals surface area contributed by atoms with E-state index in [0.29, 0.717) is 13.1 Å². The molecule has 0 bridgehead atoms. The zero-order valence-corrected chi connectivity index (χ0v) is 11.2. The van der Waals surface area contributed by atoms with Crippen molar-refractivity contribution >= 4 is 5.97 Å². The molecule has 19 heavy (non-hydrogen) atoms. The summed E-state index contributed by atoms with van der Waals surface area (Å²) in [7, 11) is 0. The Bertz CT molecular complexity index is 404. The highest BCUT2D eigenvalue weighted by Gasteiger charge is 2.20. The van der Waals surface area contributed by atoms with E-state index in [2.05, 4.69) is 18.1 Å². The van der Waals surface area contributed by atoms with E-state index in [1.165, 1.54) is 0 Å². The lowest BCUT2D eigenvalue weighted by atomic mass is 10.0. The molecule has 0 fully saturated rings. The lowest BCUT2D eigenvalue weighted by Crippen LogP contribution is -2.38. The third-order valence-electron chi connectivity index (χ3n) is 2.97. The van der Waals surface area contributed by atoms with Gasteiger partial charge in [0.05, 0.1) is 6.42 Å². The van der Waals surface area contributed by atoms with Crippen LogP contribution in [0.15, 0.2) is 55.6 Å². The number of carboxylic acids is 1. The van der Waals surface area contributed by atoms with E-state index >= 15 is 0 Å². The monoisotopic (exact) mass is 259 g/mol. The predicted molar refractivity (Wildman–Crippen MR) is 78.2 cm³/mol. The molecule has 1 unspecified atom stereocenters. The molecule has 0 heterocycles. The summed E-state index contributed by atoms with van der Waals surface area (Å²) in [5.74, 6) is -0.779. The largest absolute Gasteiger partial charge is 0.481 e. The van der Waals surface area contributed by atoms with Gasteiger partial charge in [0.25, 0.3) is 0 Å². The summed E-state index contributed by atoms with van der Waals surface area (Å²) in [5, 5.41) is 9.07. The van der Waals surface area contributed by atoms with E-state index in [0.717, 1.165) is 12.0 Å². The molecule has 102 valence electrons. The molecule has 1 rings (SSSR count). The summed E-state index contributed by atoms with van der Waals surface area (Å²) < 4.78 is 0. The number of carbonyl (C=O) groups is 1. The van der Waals surface area contributed by atoms with Crippen LogP contribution >= 0.6 is 0 Å². The van der Waals surface area contributed by atoms with Crippen molar-refractivity contribution in [2.75, 3.05) is 13.1 Å². The molecule has 3 nitrogen and oxygen atoms in total. The van der Waals surface area contributed by atoms with Crippen LogP contribution in [-0.4, -0.2) is 35.1 Å². The second-order valence-corrected chi connectivity index (χ2v) is 4.47. The molecule has 1 atom stereocenters. The van der Waals surface area contributed by atoms with Crippen molar-refractivity contribution in [2.24, 2.45) is 0 Å². The Morgan fingerprint density at radius 3 is 2.26 bits per heavy atom. The maximum Gasteiger partial charge on any atom is 0.304 e. The van der Waals surface area contributed by atoms with Crippen LogP contribution in [0.1, 0.15) is 12.0 Å². The van der Waals surface area contributed by atoms with Crippen LogP contribution in [0, 0.1) is 0 Å². The van der Waals surface area contributed by atoms with Crippen LogP contribution in [0.2, 0.25) is 0 Å². The molecule has 0 saturated carbocycles. The zero-order valence-electron chi connectivity index (χ0n) is 11.2. The fourth-order valence-electron chi connectivity index (χ4n) is 2.12. The van der Waals surface area contributed by atoms with E-state index in [1.54, 1.807) is 12.2 Å². The topological polar surface area (TPSA) is 40.5 Å². The molecular weight excluding hydrogens is 238 g/mol. The Labute approximate surface area is 114 Å². The molecule has 3 heteroatoms. The number of hydrogen-bond acceptors (Lipinski definition) is 2. The van der Waals surface area contributed by atoms with Crippen LogP contribution < -0.4 is 0 Å². The minimum atomic E-state index is -0.779. The van der Waals surface area contributed by atoms with Crippen molar-refractivity contribution < 1.29 is 9.90 Å². The first-order valence-electron chi connectivity index (χ1n) is 6.39. The van der Waals surface area contributed by atoms with Crippen molar-refractivity contribution in [2.45, 2.75) is 18.9 Å². The van der Waals surface area contributed by atoms with E-state index in [1.807, 2.05) is 30.3 Å². The number of benzene rings is 1. The maximum atomic E-state index is 11.0. The highest BCUT2D eigenvalue weighted by atomic mass is 16.4. The minimum absolute atomic E-state index is 0.0455. The smallest absolute Gasteiger partial charge is 0.304 e. The third-order valence-corrected chi connectivity index (χ3v) is 2.97. The van der Waals surface area contributed by atoms with Crippen molar-refractivity contribution in [3.8, 4) is 0 Å². The Hall–Kier alpha value is -1.87. The summed E-state index contributed by atoms with van der Waals surface area (Å²) in [6.45, 7) is 8.78. The van der Waals surface area contributed by atoms with Gasteiger partial charge in [0.15, 0.2) is 0 Å². The molecule has 0 aliphatic carbocycles. The third kappa shape index (κ3) is 5.53. The normalized spacial score (nSPS) is 12.1. The second-order valence-electron chi connectivity index (χ2n) is 4.47. The van der Waals surface area contributed by atoms with Crippen LogP contribution in [0.3, 0.4) is 0 Å². The molecular formula is C16H21NO2. The summed E-state index contributed by atoms with van der Waals surface area (Å²) in [6.07, 6.45) is 4.43. The molecule has 1 aromatic carbocycles. The lowest BCUT2D eigenvalue weighted by molar-refractivity contribution is -0.138. The molecule has 0 radical (unpaired) electrons. The fraction of sp³-hybridized carbons (Fsp3) is 0.312. The highest BCUT2D eigenvalue weighted by molar-refractivity contribution is 5.67. The van der Waals surface area contributed by atoms with E-state index in [-0.39, 0.29) is 12.5 Å². The number of carboxylic acid groups (broad SMARTS) is 1. The molecule has 0 aliphatic rings. The first kappa shape index (κ1) is 15.2. The molecule has 1 aromatic rings. The van der Waals surface area contributed by atoms with Crippen LogP contribution in [0.5, 0.6) is 0 Å². The fourth-order valence-corrected chi connectivity index (χ4v) is 2.12. The van der Waals surface area contributed by atoms with Gasteiger partial charge in [0.1, 0.15) is 0 Å². The van der Waals surface area contributed by atoms with Gasteiger partial charge < -0.3 is 5.11 Å². The average Bonchev–Trinajstić information content (AvgIpc) is 2.38. The van der Waals surface area contributed by atoms with Crippen molar-refractivity contribution in [1.82, 2.24) is 4.90 Å². The zero-order chi connectivity index (χ0) is 14.1. The van der Waals surface area contributed by atoms with E-state index in [4.69, 9.17) is 5.11 Å². The van der Waals surface area contributed by atoms with Gasteiger partial charge in [-0.15, -0.1) is 13.2 Å². The lowest BCUT2D eigenvalue weighted by Gasteiger charge is -2.29. The quantitative estimate of drug-likeness (QED) is 0.693. The Morgan fingerprint density at radius 2 is 1.79 bits per heavy atom. The predicted octanol–water partition coefficient (Wildman–Crippen LogP) is 2.75. The second kappa shape index (κ2) is 8.27. The van der Waals surface area contributed by atoms with Gasteiger partial charge in [-0.05, 0) is 12.0 Å². The van der Waals surface area contributed by atoms with Crippen molar-refractivity contribution in [3.63, 3.8) is 0 Å². The van der Waals surface area contributed by atoms with Gasteiger partial charge in [-0.2, -0.15) is 0 Å². The van der Waals surface area contributed by atoms with Gasteiger partial charge in [0, 0.05) is 19.1 Å². The average molecular weight is 259 g/mol. The molecule has 0 spiro atoms. The van der Waals surface area contributed by atoms with Gasteiger partial charge in [-0.3, -0.25) is 9.69 Å². The van der Waals surface area contributed by atoms with Crippen LogP contribution in [0.25, 0.3) is 0 Å². The molecule has 0 amide bonds. The Kier molecular flexibility index (Phi) is 6.61. The van der Waals surface area contributed by atoms with E-state index < -0.39 is 5.97 Å². The molecule has 1 N–H and O–H groups in total. The summed E-state index contributed by atoms with van der Waals surface area (Å²) in [5.41, 5.74) is 1.15. The van der Waals surface area contributed by atoms with Crippen molar-refractivity contribution in [3.05, 3.63) is 61.2 Å². The van der Waals surface area contributed by atoms with Gasteiger partial charge in [0.2, 0.25) is 0 Å². The van der Waals surface area contributed by atoms with Crippen molar-refractivity contribution in [1.29, 1.82) is 0 Å². The van der Waals surface area contributed by atoms with Crippen LogP contribution in [-0.2, 0) is 11.2 Å². The summed E-state index contributed by atoms with van der Waals surface area (Å²) in [4.78, 5) is 13.1. The number of aliphatic carboxylic acids is 1. The Morgan fingerprint density at radius 1 is 1.21 bits per heavy atom. The molecule has 0 aliphatic heterocycles. The molecule has 0 saturated heterocycles. The number of nitrogens with zero attached hydrogens (tertiary/aromatic N) is 1. The van der Waals surface area contributed by atoms with E-state index in [9.17, 15) is 4.79 Å². The van der Waals surface area contributed by atoms with Crippen LogP contribution in [0.4, 0.5) is 0 Å². The van der Waals surface area contributed by atoms with Gasteiger partial charge in [-0.1, -0.05) is 42.5 Å². The Balaban J connectivity index is 2.82. The SMILES string of the molecule is C=CCN(CC=C)C(CC(=O)O)Cc1ccccc1. The first-order valence-corrected chi connectivity index (χ1v) is 6.39. The van der Waals surface area contributed by atoms with Gasteiger partial charge >= 0.3 is 5.97 Å². The highest BCUT2D eigenvalue weighted by Crippen LogP contribution is 2.13. The van der Waals surface area contributed by atoms with Gasteiger partial charge in [-0.25, -0.2) is 0 Å². The maximum absolute atomic E-state index is 11.0. The number of hydrogen-bond donors (Lipinski definition) is 1. The number of rotatable bonds is 9.